The fourth-order valence-corrected chi connectivity index (χ4v) is 2.50. The van der Waals surface area contributed by atoms with Gasteiger partial charge in [0.25, 0.3) is 5.91 Å². The summed E-state index contributed by atoms with van der Waals surface area (Å²) in [5, 5.41) is 6.51. The number of nitrogens with zero attached hydrogens (tertiary/aromatic N) is 3. The van der Waals surface area contributed by atoms with Gasteiger partial charge in [0.1, 0.15) is 5.82 Å². The third kappa shape index (κ3) is 3.62. The second-order valence-corrected chi connectivity index (χ2v) is 5.22. The maximum absolute atomic E-state index is 13.0. The summed E-state index contributed by atoms with van der Waals surface area (Å²) >= 11 is 5.65. The van der Waals surface area contributed by atoms with Gasteiger partial charge in [0.2, 0.25) is 0 Å². The van der Waals surface area contributed by atoms with Gasteiger partial charge in [-0.15, -0.1) is 0 Å². The first-order valence-corrected chi connectivity index (χ1v) is 6.78. The van der Waals surface area contributed by atoms with E-state index in [2.05, 4.69) is 15.3 Å². The van der Waals surface area contributed by atoms with E-state index >= 15 is 0 Å². The highest BCUT2D eigenvalue weighted by molar-refractivity contribution is 6.31. The van der Waals surface area contributed by atoms with Crippen LogP contribution in [-0.4, -0.2) is 18.0 Å². The van der Waals surface area contributed by atoms with Gasteiger partial charge in [-0.3, -0.25) is 4.79 Å². The van der Waals surface area contributed by atoms with E-state index in [1.54, 1.807) is 0 Å². The minimum Gasteiger partial charge on any atom is -0.349 e. The van der Waals surface area contributed by atoms with Gasteiger partial charge in [-0.2, -0.15) is 0 Å². The molecule has 1 saturated carbocycles. The van der Waals surface area contributed by atoms with Crippen LogP contribution in [0.15, 0.2) is 23.3 Å². The Kier molecular flexibility index (Phi) is 4.82. The highest BCUT2D eigenvalue weighted by Gasteiger charge is 2.22. The van der Waals surface area contributed by atoms with E-state index in [0.717, 1.165) is 25.7 Å². The standard InChI is InChI=1S/C13H14ClFN4O/c14-11-7-8(1-6-12(11)15)13(20)17-9-2-4-10(5-3-9)18-19-16/h1,6-7,9-10H,2-5H2,(H,17,20). The Morgan fingerprint density at radius 1 is 1.40 bits per heavy atom. The molecule has 0 aromatic heterocycles. The highest BCUT2D eigenvalue weighted by Crippen LogP contribution is 2.22. The normalized spacial score (nSPS) is 21.9. The topological polar surface area (TPSA) is 77.9 Å². The van der Waals surface area contributed by atoms with Crippen LogP contribution >= 0.6 is 11.6 Å². The third-order valence-corrected chi connectivity index (χ3v) is 3.72. The molecular formula is C13H14ClFN4O. The maximum Gasteiger partial charge on any atom is 0.251 e. The second kappa shape index (κ2) is 6.59. The Hall–Kier alpha value is -1.78. The van der Waals surface area contributed by atoms with Gasteiger partial charge in [0.05, 0.1) is 5.02 Å². The SMILES string of the molecule is [N-]=[N+]=NC1CCC(NC(=O)c2ccc(F)c(Cl)c2)CC1. The summed E-state index contributed by atoms with van der Waals surface area (Å²) < 4.78 is 13.0. The Balaban J connectivity index is 1.92. The van der Waals surface area contributed by atoms with Crippen LogP contribution < -0.4 is 5.32 Å². The number of amides is 1. The van der Waals surface area contributed by atoms with Gasteiger partial charge in [0.15, 0.2) is 0 Å². The molecule has 1 N–H and O–H groups in total. The Bertz CT molecular complexity index is 551. The van der Waals surface area contributed by atoms with E-state index < -0.39 is 5.82 Å². The molecule has 5 nitrogen and oxygen atoms in total. The summed E-state index contributed by atoms with van der Waals surface area (Å²) in [5.41, 5.74) is 8.71. The first-order chi connectivity index (χ1) is 9.60. The Morgan fingerprint density at radius 2 is 2.10 bits per heavy atom. The van der Waals surface area contributed by atoms with Crippen molar-refractivity contribution in [2.45, 2.75) is 37.8 Å². The average molecular weight is 297 g/mol. The van der Waals surface area contributed by atoms with Crippen molar-refractivity contribution in [1.29, 1.82) is 0 Å². The molecule has 0 bridgehead atoms. The fraction of sp³-hybridized carbons (Fsp3) is 0.462. The number of benzene rings is 1. The second-order valence-electron chi connectivity index (χ2n) is 4.81. The lowest BCUT2D eigenvalue weighted by Crippen LogP contribution is -2.38. The van der Waals surface area contributed by atoms with Gasteiger partial charge in [-0.1, -0.05) is 16.7 Å². The summed E-state index contributed by atoms with van der Waals surface area (Å²) in [4.78, 5) is 14.8. The molecule has 0 aliphatic heterocycles. The van der Waals surface area contributed by atoms with Gasteiger partial charge in [-0.05, 0) is 49.4 Å². The summed E-state index contributed by atoms with van der Waals surface area (Å²) in [6.45, 7) is 0. The number of carbonyl (C=O) groups excluding carboxylic acids is 1. The number of hydrogen-bond donors (Lipinski definition) is 1. The van der Waals surface area contributed by atoms with Gasteiger partial charge < -0.3 is 5.32 Å². The van der Waals surface area contributed by atoms with Crippen LogP contribution in [0.3, 0.4) is 0 Å². The van der Waals surface area contributed by atoms with E-state index in [0.29, 0.717) is 5.56 Å². The molecule has 1 fully saturated rings. The smallest absolute Gasteiger partial charge is 0.251 e. The van der Waals surface area contributed by atoms with E-state index in [4.69, 9.17) is 17.1 Å². The molecular weight excluding hydrogens is 283 g/mol. The predicted octanol–water partition coefficient (Wildman–Crippen LogP) is 3.83. The quantitative estimate of drug-likeness (QED) is 0.513. The summed E-state index contributed by atoms with van der Waals surface area (Å²) in [5.74, 6) is -0.808. The largest absolute Gasteiger partial charge is 0.349 e. The van der Waals surface area contributed by atoms with Crippen LogP contribution in [-0.2, 0) is 0 Å². The number of halogens is 2. The van der Waals surface area contributed by atoms with Crippen LogP contribution in [0.5, 0.6) is 0 Å². The maximum atomic E-state index is 13.0. The molecule has 1 aliphatic carbocycles. The van der Waals surface area contributed by atoms with Crippen LogP contribution in [0, 0.1) is 5.82 Å². The monoisotopic (exact) mass is 296 g/mol. The van der Waals surface area contributed by atoms with Gasteiger partial charge in [0, 0.05) is 22.6 Å². The molecule has 2 rings (SSSR count). The summed E-state index contributed by atoms with van der Waals surface area (Å²) in [7, 11) is 0. The molecule has 1 aromatic rings. The van der Waals surface area contributed by atoms with Crippen LogP contribution in [0.2, 0.25) is 5.02 Å². The Labute approximate surface area is 120 Å². The lowest BCUT2D eigenvalue weighted by atomic mass is 9.91. The minimum absolute atomic E-state index is 0.0217. The van der Waals surface area contributed by atoms with Crippen molar-refractivity contribution in [2.24, 2.45) is 5.11 Å². The van der Waals surface area contributed by atoms with Crippen LogP contribution in [0.25, 0.3) is 10.4 Å². The fourth-order valence-electron chi connectivity index (χ4n) is 2.31. The molecule has 1 amide bonds. The number of rotatable bonds is 3. The van der Waals surface area contributed by atoms with E-state index in [-0.39, 0.29) is 23.0 Å². The Morgan fingerprint density at radius 3 is 2.70 bits per heavy atom. The highest BCUT2D eigenvalue weighted by atomic mass is 35.5. The van der Waals surface area contributed by atoms with Crippen molar-refractivity contribution < 1.29 is 9.18 Å². The number of carbonyl (C=O) groups is 1. The molecule has 7 heteroatoms. The molecule has 0 spiro atoms. The number of hydrogen-bond acceptors (Lipinski definition) is 2. The molecule has 0 heterocycles. The minimum atomic E-state index is -0.543. The lowest BCUT2D eigenvalue weighted by molar-refractivity contribution is 0.0926. The van der Waals surface area contributed by atoms with Gasteiger partial charge >= 0.3 is 0 Å². The van der Waals surface area contributed by atoms with E-state index in [9.17, 15) is 9.18 Å². The first kappa shape index (κ1) is 14.6. The molecule has 0 radical (unpaired) electrons. The predicted molar refractivity (Wildman–Crippen MR) is 74.1 cm³/mol. The van der Waals surface area contributed by atoms with Gasteiger partial charge in [-0.25, -0.2) is 4.39 Å². The molecule has 0 saturated heterocycles. The summed E-state index contributed by atoms with van der Waals surface area (Å²) in [6.07, 6.45) is 3.06. The van der Waals surface area contributed by atoms with E-state index in [1.165, 1.54) is 18.2 Å². The molecule has 106 valence electrons. The average Bonchev–Trinajstić information content (AvgIpc) is 2.44. The van der Waals surface area contributed by atoms with Crippen LogP contribution in [0.1, 0.15) is 36.0 Å². The zero-order valence-electron chi connectivity index (χ0n) is 10.7. The molecule has 1 aromatic carbocycles. The van der Waals surface area contributed by atoms with Crippen molar-refractivity contribution in [3.05, 3.63) is 45.0 Å². The lowest BCUT2D eigenvalue weighted by Gasteiger charge is -2.26. The van der Waals surface area contributed by atoms with Crippen molar-refractivity contribution in [3.63, 3.8) is 0 Å². The third-order valence-electron chi connectivity index (χ3n) is 3.43. The zero-order chi connectivity index (χ0) is 14.5. The van der Waals surface area contributed by atoms with Crippen molar-refractivity contribution in [1.82, 2.24) is 5.32 Å². The molecule has 1 aliphatic rings. The number of nitrogens with one attached hydrogen (secondary N) is 1. The van der Waals surface area contributed by atoms with Crippen LogP contribution in [0.4, 0.5) is 4.39 Å². The molecule has 20 heavy (non-hydrogen) atoms. The first-order valence-electron chi connectivity index (χ1n) is 6.40. The molecule has 0 atom stereocenters. The molecule has 0 unspecified atom stereocenters. The number of azide groups is 1. The summed E-state index contributed by atoms with van der Waals surface area (Å²) in [6, 6.07) is 3.97. The van der Waals surface area contributed by atoms with Crippen molar-refractivity contribution in [3.8, 4) is 0 Å². The zero-order valence-corrected chi connectivity index (χ0v) is 11.5. The van der Waals surface area contributed by atoms with Crippen molar-refractivity contribution >= 4 is 17.5 Å². The van der Waals surface area contributed by atoms with E-state index in [1.807, 2.05) is 0 Å². The van der Waals surface area contributed by atoms with Crippen molar-refractivity contribution in [2.75, 3.05) is 0 Å².